The molecule has 4 nitrogen and oxygen atoms in total. The number of phenolic OH excluding ortho intramolecular Hbond substituents is 1. The number of nitrogens with one attached hydrogen (secondary N) is 1. The first-order chi connectivity index (χ1) is 8.15. The van der Waals surface area contributed by atoms with Gasteiger partial charge in [-0.25, -0.2) is 4.98 Å². The van der Waals surface area contributed by atoms with E-state index in [1.165, 1.54) is 11.5 Å². The number of hydrogen-bond donors (Lipinski definition) is 2. The van der Waals surface area contributed by atoms with Gasteiger partial charge in [0.05, 0.1) is 0 Å². The Kier molecular flexibility index (Phi) is 3.58. The minimum absolute atomic E-state index is 0.284. The van der Waals surface area contributed by atoms with E-state index in [0.29, 0.717) is 12.5 Å². The van der Waals surface area contributed by atoms with Gasteiger partial charge in [-0.15, -0.1) is 0 Å². The van der Waals surface area contributed by atoms with Crippen molar-refractivity contribution in [3.05, 3.63) is 35.7 Å². The topological polar surface area (TPSA) is 58.0 Å². The van der Waals surface area contributed by atoms with Gasteiger partial charge in [0, 0.05) is 24.0 Å². The molecule has 0 aliphatic heterocycles. The number of phenols is 1. The molecule has 2 aromatic rings. The number of hydrogen-bond acceptors (Lipinski definition) is 5. The van der Waals surface area contributed by atoms with Crippen molar-refractivity contribution < 1.29 is 5.11 Å². The normalized spacial score (nSPS) is 10.8. The lowest BCUT2D eigenvalue weighted by molar-refractivity contribution is 0.475. The van der Waals surface area contributed by atoms with E-state index >= 15 is 0 Å². The molecular weight excluding hydrogens is 234 g/mol. The number of benzene rings is 1. The molecule has 1 heterocycles. The lowest BCUT2D eigenvalue weighted by atomic mass is 10.2. The summed E-state index contributed by atoms with van der Waals surface area (Å²) < 4.78 is 4.27. The fourth-order valence-electron chi connectivity index (χ4n) is 1.33. The summed E-state index contributed by atoms with van der Waals surface area (Å²) in [6.07, 6.45) is 0. The molecule has 1 aromatic carbocycles. The van der Waals surface area contributed by atoms with Crippen LogP contribution in [0, 0.1) is 0 Å². The van der Waals surface area contributed by atoms with Gasteiger partial charge in [-0.1, -0.05) is 26.0 Å². The highest BCUT2D eigenvalue weighted by Gasteiger charge is 2.06. The third-order valence-electron chi connectivity index (χ3n) is 2.34. The second-order valence-electron chi connectivity index (χ2n) is 4.13. The maximum atomic E-state index is 9.17. The predicted molar refractivity (Wildman–Crippen MR) is 69.4 cm³/mol. The van der Waals surface area contributed by atoms with Crippen LogP contribution in [0.3, 0.4) is 0 Å². The van der Waals surface area contributed by atoms with Gasteiger partial charge < -0.3 is 10.4 Å². The summed E-state index contributed by atoms with van der Waals surface area (Å²) in [6, 6.07) is 7.12. The average Bonchev–Trinajstić information content (AvgIpc) is 2.77. The van der Waals surface area contributed by atoms with Crippen LogP contribution in [0.1, 0.15) is 31.2 Å². The van der Waals surface area contributed by atoms with Crippen LogP contribution in [0.5, 0.6) is 5.75 Å². The van der Waals surface area contributed by atoms with Crippen molar-refractivity contribution in [3.8, 4) is 5.75 Å². The largest absolute Gasteiger partial charge is 0.508 e. The maximum absolute atomic E-state index is 9.17. The van der Waals surface area contributed by atoms with E-state index in [1.54, 1.807) is 12.1 Å². The molecule has 0 bridgehead atoms. The number of aromatic hydroxyl groups is 1. The van der Waals surface area contributed by atoms with E-state index in [9.17, 15) is 0 Å². The summed E-state index contributed by atoms with van der Waals surface area (Å²) in [6.45, 7) is 4.84. The number of rotatable bonds is 4. The summed E-state index contributed by atoms with van der Waals surface area (Å²) in [7, 11) is 0. The smallest absolute Gasteiger partial charge is 0.202 e. The zero-order valence-corrected chi connectivity index (χ0v) is 10.7. The minimum Gasteiger partial charge on any atom is -0.508 e. The van der Waals surface area contributed by atoms with Crippen LogP contribution in [0.4, 0.5) is 5.13 Å². The molecule has 0 fully saturated rings. The highest BCUT2D eigenvalue weighted by Crippen LogP contribution is 2.18. The van der Waals surface area contributed by atoms with E-state index in [-0.39, 0.29) is 5.75 Å². The lowest BCUT2D eigenvalue weighted by Crippen LogP contribution is -1.99. The third kappa shape index (κ3) is 3.17. The molecule has 0 saturated heterocycles. The molecule has 1 aromatic heterocycles. The average molecular weight is 249 g/mol. The minimum atomic E-state index is 0.284. The first-order valence-electron chi connectivity index (χ1n) is 5.50. The molecule has 2 rings (SSSR count). The van der Waals surface area contributed by atoms with Crippen LogP contribution in [0.25, 0.3) is 0 Å². The molecule has 0 aliphatic carbocycles. The molecule has 0 atom stereocenters. The summed E-state index contributed by atoms with van der Waals surface area (Å²) in [5, 5.41) is 13.2. The number of anilines is 1. The molecule has 0 radical (unpaired) electrons. The monoisotopic (exact) mass is 249 g/mol. The Balaban J connectivity index is 1.95. The van der Waals surface area contributed by atoms with Gasteiger partial charge >= 0.3 is 0 Å². The first kappa shape index (κ1) is 11.9. The Morgan fingerprint density at radius 3 is 2.59 bits per heavy atom. The molecule has 0 spiro atoms. The second-order valence-corrected chi connectivity index (χ2v) is 4.88. The standard InChI is InChI=1S/C12H15N3OS/c1-8(2)11-14-12(17-15-11)13-7-9-3-5-10(16)6-4-9/h3-6,8,16H,7H2,1-2H3,(H,13,14,15). The summed E-state index contributed by atoms with van der Waals surface area (Å²) in [4.78, 5) is 4.39. The number of nitrogens with zero attached hydrogens (tertiary/aromatic N) is 2. The summed E-state index contributed by atoms with van der Waals surface area (Å²) in [5.74, 6) is 1.52. The van der Waals surface area contributed by atoms with E-state index in [4.69, 9.17) is 5.11 Å². The molecule has 17 heavy (non-hydrogen) atoms. The molecule has 2 N–H and O–H groups in total. The Labute approximate surface area is 105 Å². The van der Waals surface area contributed by atoms with E-state index in [0.717, 1.165) is 16.5 Å². The maximum Gasteiger partial charge on any atom is 0.202 e. The quantitative estimate of drug-likeness (QED) is 0.874. The van der Waals surface area contributed by atoms with Gasteiger partial charge in [0.1, 0.15) is 11.6 Å². The first-order valence-corrected chi connectivity index (χ1v) is 6.28. The van der Waals surface area contributed by atoms with E-state index < -0.39 is 0 Å². The van der Waals surface area contributed by atoms with Crippen molar-refractivity contribution in [1.82, 2.24) is 9.36 Å². The highest BCUT2D eigenvalue weighted by atomic mass is 32.1. The Morgan fingerprint density at radius 2 is 2.00 bits per heavy atom. The zero-order chi connectivity index (χ0) is 12.3. The van der Waals surface area contributed by atoms with Crippen LogP contribution in [-0.2, 0) is 6.54 Å². The van der Waals surface area contributed by atoms with Crippen LogP contribution in [-0.4, -0.2) is 14.5 Å². The number of aromatic nitrogens is 2. The summed E-state index contributed by atoms with van der Waals surface area (Å²) >= 11 is 1.38. The van der Waals surface area contributed by atoms with Crippen molar-refractivity contribution >= 4 is 16.7 Å². The SMILES string of the molecule is CC(C)c1nsc(NCc2ccc(O)cc2)n1. The van der Waals surface area contributed by atoms with Crippen molar-refractivity contribution in [2.45, 2.75) is 26.3 Å². The second kappa shape index (κ2) is 5.14. The van der Waals surface area contributed by atoms with E-state index in [2.05, 4.69) is 28.5 Å². The fraction of sp³-hybridized carbons (Fsp3) is 0.333. The van der Waals surface area contributed by atoms with Crippen molar-refractivity contribution in [1.29, 1.82) is 0 Å². The Morgan fingerprint density at radius 1 is 1.29 bits per heavy atom. The van der Waals surface area contributed by atoms with Crippen LogP contribution in [0.15, 0.2) is 24.3 Å². The van der Waals surface area contributed by atoms with Crippen molar-refractivity contribution in [2.24, 2.45) is 0 Å². The molecule has 5 heteroatoms. The highest BCUT2D eigenvalue weighted by molar-refractivity contribution is 7.09. The molecule has 0 saturated carbocycles. The Bertz CT molecular complexity index is 479. The fourth-order valence-corrected chi connectivity index (χ4v) is 2.04. The third-order valence-corrected chi connectivity index (χ3v) is 3.03. The van der Waals surface area contributed by atoms with Gasteiger partial charge in [-0.2, -0.15) is 4.37 Å². The van der Waals surface area contributed by atoms with Crippen LogP contribution in [0.2, 0.25) is 0 Å². The van der Waals surface area contributed by atoms with Gasteiger partial charge in [0.2, 0.25) is 5.13 Å². The molecule has 0 unspecified atom stereocenters. The van der Waals surface area contributed by atoms with Gasteiger partial charge in [0.25, 0.3) is 0 Å². The zero-order valence-electron chi connectivity index (χ0n) is 9.84. The van der Waals surface area contributed by atoms with Crippen LogP contribution < -0.4 is 5.32 Å². The molecule has 90 valence electrons. The summed E-state index contributed by atoms with van der Waals surface area (Å²) in [5.41, 5.74) is 1.10. The van der Waals surface area contributed by atoms with Crippen LogP contribution >= 0.6 is 11.5 Å². The molecular formula is C12H15N3OS. The lowest BCUT2D eigenvalue weighted by Gasteiger charge is -2.02. The van der Waals surface area contributed by atoms with Crippen molar-refractivity contribution in [2.75, 3.05) is 5.32 Å². The van der Waals surface area contributed by atoms with Crippen molar-refractivity contribution in [3.63, 3.8) is 0 Å². The van der Waals surface area contributed by atoms with Gasteiger partial charge in [-0.3, -0.25) is 0 Å². The van der Waals surface area contributed by atoms with Gasteiger partial charge in [0.15, 0.2) is 0 Å². The van der Waals surface area contributed by atoms with Gasteiger partial charge in [-0.05, 0) is 17.7 Å². The predicted octanol–water partition coefficient (Wildman–Crippen LogP) is 2.98. The molecule has 0 aliphatic rings. The molecule has 0 amide bonds. The van der Waals surface area contributed by atoms with E-state index in [1.807, 2.05) is 12.1 Å². The Hall–Kier alpha value is -1.62.